The van der Waals surface area contributed by atoms with Crippen molar-refractivity contribution >= 4 is 24.6 Å². The summed E-state index contributed by atoms with van der Waals surface area (Å²) in [6.45, 7) is 6.99. The van der Waals surface area contributed by atoms with E-state index >= 15 is 0 Å². The maximum absolute atomic E-state index is 10.2. The summed E-state index contributed by atoms with van der Waals surface area (Å²) in [4.78, 5) is 1.01. The molecule has 0 saturated heterocycles. The monoisotopic (exact) mass is 262 g/mol. The van der Waals surface area contributed by atoms with Gasteiger partial charge in [-0.1, -0.05) is 55.2 Å². The molecule has 2 rings (SSSR count). The van der Waals surface area contributed by atoms with Crippen molar-refractivity contribution in [1.29, 1.82) is 0 Å². The molecule has 3 heteroatoms. The summed E-state index contributed by atoms with van der Waals surface area (Å²) in [6, 6.07) is 12.4. The van der Waals surface area contributed by atoms with Crippen LogP contribution in [0.4, 0.5) is 0 Å². The number of hydrogen-bond donors (Lipinski definition) is 1. The van der Waals surface area contributed by atoms with Crippen LogP contribution in [0.2, 0.25) is 19.6 Å². The van der Waals surface area contributed by atoms with Crippen molar-refractivity contribution in [1.82, 2.24) is 0 Å². The molecule has 1 aromatic heterocycles. The third kappa shape index (κ3) is 2.86. The highest BCUT2D eigenvalue weighted by Gasteiger charge is 2.17. The first kappa shape index (κ1) is 12.6. The van der Waals surface area contributed by atoms with Gasteiger partial charge in [-0.15, -0.1) is 11.3 Å². The van der Waals surface area contributed by atoms with Crippen LogP contribution in [0.25, 0.3) is 0 Å². The minimum absolute atomic E-state index is 0.481. The fourth-order valence-electron chi connectivity index (χ4n) is 1.78. The molecule has 0 amide bonds. The summed E-state index contributed by atoms with van der Waals surface area (Å²) in [7, 11) is -1.24. The van der Waals surface area contributed by atoms with Crippen LogP contribution in [0.5, 0.6) is 0 Å². The molecule has 0 saturated carbocycles. The van der Waals surface area contributed by atoms with Crippen LogP contribution < -0.4 is 5.19 Å². The molecule has 90 valence electrons. The molecule has 0 spiro atoms. The fraction of sp³-hybridized carbons (Fsp3) is 0.286. The van der Waals surface area contributed by atoms with Gasteiger partial charge in [-0.2, -0.15) is 0 Å². The lowest BCUT2D eigenvalue weighted by Gasteiger charge is -2.17. The Balaban J connectivity index is 2.24. The number of rotatable bonds is 3. The van der Waals surface area contributed by atoms with Gasteiger partial charge < -0.3 is 5.11 Å². The van der Waals surface area contributed by atoms with Gasteiger partial charge in [-0.05, 0) is 17.0 Å². The second kappa shape index (κ2) is 4.76. The minimum atomic E-state index is -1.24. The SMILES string of the molecule is C[Si](C)(C)c1ccc(C(O)c2cccs2)cc1. The molecule has 1 unspecified atom stereocenters. The normalized spacial score (nSPS) is 13.6. The van der Waals surface area contributed by atoms with Crippen molar-refractivity contribution < 1.29 is 5.11 Å². The quantitative estimate of drug-likeness (QED) is 0.841. The average molecular weight is 262 g/mol. The molecule has 2 aromatic rings. The first-order valence-electron chi connectivity index (χ1n) is 5.80. The second-order valence-corrected chi connectivity index (χ2v) is 11.3. The van der Waals surface area contributed by atoms with Gasteiger partial charge in [-0.25, -0.2) is 0 Å². The van der Waals surface area contributed by atoms with E-state index in [0.29, 0.717) is 0 Å². The Labute approximate surface area is 108 Å². The Morgan fingerprint density at radius 1 is 1.06 bits per heavy atom. The summed E-state index contributed by atoms with van der Waals surface area (Å²) in [6.07, 6.45) is -0.481. The van der Waals surface area contributed by atoms with Crippen molar-refractivity contribution in [2.75, 3.05) is 0 Å². The first-order valence-corrected chi connectivity index (χ1v) is 10.2. The largest absolute Gasteiger partial charge is 0.383 e. The lowest BCUT2D eigenvalue weighted by atomic mass is 10.1. The summed E-state index contributed by atoms with van der Waals surface area (Å²) in [5.41, 5.74) is 0.981. The molecule has 0 aliphatic heterocycles. The van der Waals surface area contributed by atoms with E-state index in [-0.39, 0.29) is 0 Å². The predicted molar refractivity (Wildman–Crippen MR) is 77.8 cm³/mol. The fourth-order valence-corrected chi connectivity index (χ4v) is 3.68. The molecule has 0 radical (unpaired) electrons. The Morgan fingerprint density at radius 2 is 1.71 bits per heavy atom. The molecule has 1 nitrogen and oxygen atoms in total. The van der Waals surface area contributed by atoms with Gasteiger partial charge in [0.05, 0.1) is 8.07 Å². The number of thiophene rings is 1. The average Bonchev–Trinajstić information content (AvgIpc) is 2.80. The minimum Gasteiger partial charge on any atom is -0.383 e. The molecule has 1 N–H and O–H groups in total. The summed E-state index contributed by atoms with van der Waals surface area (Å²) >= 11 is 1.59. The van der Waals surface area contributed by atoms with Gasteiger partial charge in [0.25, 0.3) is 0 Å². The lowest BCUT2D eigenvalue weighted by molar-refractivity contribution is 0.224. The molecule has 1 heterocycles. The van der Waals surface area contributed by atoms with E-state index in [1.807, 2.05) is 17.5 Å². The van der Waals surface area contributed by atoms with E-state index in [0.717, 1.165) is 10.4 Å². The van der Waals surface area contributed by atoms with Crippen LogP contribution in [0.15, 0.2) is 41.8 Å². The highest BCUT2D eigenvalue weighted by atomic mass is 32.1. The summed E-state index contributed by atoms with van der Waals surface area (Å²) in [5.74, 6) is 0. The highest BCUT2D eigenvalue weighted by Crippen LogP contribution is 2.25. The van der Waals surface area contributed by atoms with Crippen LogP contribution in [-0.2, 0) is 0 Å². The number of hydrogen-bond acceptors (Lipinski definition) is 2. The van der Waals surface area contributed by atoms with Gasteiger partial charge in [0.1, 0.15) is 6.10 Å². The number of aliphatic hydroxyl groups is 1. The molecule has 17 heavy (non-hydrogen) atoms. The van der Waals surface area contributed by atoms with Gasteiger partial charge in [-0.3, -0.25) is 0 Å². The van der Waals surface area contributed by atoms with E-state index in [2.05, 4.69) is 43.9 Å². The summed E-state index contributed by atoms with van der Waals surface area (Å²) in [5, 5.41) is 13.6. The van der Waals surface area contributed by atoms with Crippen LogP contribution in [0.3, 0.4) is 0 Å². The second-order valence-electron chi connectivity index (χ2n) is 5.29. The number of benzene rings is 1. The topological polar surface area (TPSA) is 20.2 Å². The Kier molecular flexibility index (Phi) is 3.52. The van der Waals surface area contributed by atoms with E-state index < -0.39 is 14.2 Å². The van der Waals surface area contributed by atoms with E-state index in [9.17, 15) is 5.11 Å². The molecular weight excluding hydrogens is 244 g/mol. The highest BCUT2D eigenvalue weighted by molar-refractivity contribution is 7.10. The van der Waals surface area contributed by atoms with Crippen LogP contribution >= 0.6 is 11.3 Å². The molecule has 0 aliphatic carbocycles. The number of aliphatic hydroxyl groups excluding tert-OH is 1. The van der Waals surface area contributed by atoms with Gasteiger partial charge in [0.15, 0.2) is 0 Å². The lowest BCUT2D eigenvalue weighted by Crippen LogP contribution is -2.37. The molecular formula is C14H18OSSi. The zero-order valence-electron chi connectivity index (χ0n) is 10.5. The van der Waals surface area contributed by atoms with Crippen molar-refractivity contribution in [3.8, 4) is 0 Å². The Morgan fingerprint density at radius 3 is 2.18 bits per heavy atom. The van der Waals surface area contributed by atoms with Gasteiger partial charge >= 0.3 is 0 Å². The molecule has 1 atom stereocenters. The van der Waals surface area contributed by atoms with E-state index in [1.165, 1.54) is 5.19 Å². The molecule has 0 bridgehead atoms. The third-order valence-electron chi connectivity index (χ3n) is 2.91. The van der Waals surface area contributed by atoms with Gasteiger partial charge in [0, 0.05) is 4.88 Å². The maximum atomic E-state index is 10.2. The Bertz CT molecular complexity index is 468. The van der Waals surface area contributed by atoms with Gasteiger partial charge in [0.2, 0.25) is 0 Å². The zero-order chi connectivity index (χ0) is 12.5. The zero-order valence-corrected chi connectivity index (χ0v) is 12.3. The molecule has 1 aromatic carbocycles. The van der Waals surface area contributed by atoms with Crippen LogP contribution in [0, 0.1) is 0 Å². The summed E-state index contributed by atoms with van der Waals surface area (Å²) < 4.78 is 0. The van der Waals surface area contributed by atoms with Crippen LogP contribution in [0.1, 0.15) is 16.5 Å². The van der Waals surface area contributed by atoms with Crippen molar-refractivity contribution in [2.45, 2.75) is 25.7 Å². The van der Waals surface area contributed by atoms with Crippen molar-refractivity contribution in [3.63, 3.8) is 0 Å². The molecule has 0 aliphatic rings. The van der Waals surface area contributed by atoms with Crippen LogP contribution in [-0.4, -0.2) is 13.2 Å². The standard InChI is InChI=1S/C14H18OSSi/c1-17(2,3)12-8-6-11(7-9-12)14(15)13-5-4-10-16-13/h4-10,14-15H,1-3H3. The van der Waals surface area contributed by atoms with E-state index in [1.54, 1.807) is 11.3 Å². The molecule has 0 fully saturated rings. The third-order valence-corrected chi connectivity index (χ3v) is 5.90. The Hall–Kier alpha value is -0.903. The van der Waals surface area contributed by atoms with Crippen molar-refractivity contribution in [2.24, 2.45) is 0 Å². The van der Waals surface area contributed by atoms with Crippen molar-refractivity contribution in [3.05, 3.63) is 52.2 Å². The first-order chi connectivity index (χ1) is 7.98. The smallest absolute Gasteiger partial charge is 0.113 e. The predicted octanol–water partition coefficient (Wildman–Crippen LogP) is 3.38. The maximum Gasteiger partial charge on any atom is 0.113 e. The van der Waals surface area contributed by atoms with E-state index in [4.69, 9.17) is 0 Å².